The molecular formula is C18H18Cl2F2N4S. The Labute approximate surface area is 169 Å². The first kappa shape index (κ1) is 18.9. The molecule has 0 aliphatic heterocycles. The van der Waals surface area contributed by atoms with Gasteiger partial charge in [0.15, 0.2) is 5.15 Å². The number of nitrogens with one attached hydrogen (secondary N) is 1. The van der Waals surface area contributed by atoms with Gasteiger partial charge in [-0.1, -0.05) is 23.2 Å². The maximum Gasteiger partial charge on any atom is 0.248 e. The second-order valence-corrected chi connectivity index (χ2v) is 8.36. The minimum Gasteiger partial charge on any atom is -0.378 e. The van der Waals surface area contributed by atoms with Crippen LogP contribution in [0.4, 0.5) is 14.5 Å². The zero-order valence-electron chi connectivity index (χ0n) is 14.6. The number of alkyl halides is 2. The summed E-state index contributed by atoms with van der Waals surface area (Å²) in [6, 6.07) is 3.70. The SMILES string of the molecule is Cc1c(C2CCC(F)(F)CC2)c(Cl)n2nc(Cl)cc(NCc3ccsn3)c12. The van der Waals surface area contributed by atoms with E-state index in [0.717, 1.165) is 28.0 Å². The Morgan fingerprint density at radius 3 is 2.74 bits per heavy atom. The van der Waals surface area contributed by atoms with Crippen molar-refractivity contribution in [3.05, 3.63) is 44.6 Å². The molecule has 0 spiro atoms. The molecule has 1 fully saturated rings. The van der Waals surface area contributed by atoms with Gasteiger partial charge in [0.2, 0.25) is 5.92 Å². The number of hydrogen-bond acceptors (Lipinski definition) is 4. The summed E-state index contributed by atoms with van der Waals surface area (Å²) in [5.41, 5.74) is 4.41. The average Bonchev–Trinajstić information content (AvgIpc) is 3.21. The third-order valence-electron chi connectivity index (χ3n) is 5.17. The first-order valence-corrected chi connectivity index (χ1v) is 10.3. The molecule has 1 saturated carbocycles. The van der Waals surface area contributed by atoms with Crippen LogP contribution in [-0.4, -0.2) is 19.9 Å². The molecule has 3 aromatic heterocycles. The summed E-state index contributed by atoms with van der Waals surface area (Å²) in [6.07, 6.45) is 0.616. The Bertz CT molecular complexity index is 962. The van der Waals surface area contributed by atoms with Crippen LogP contribution in [0.5, 0.6) is 0 Å². The van der Waals surface area contributed by atoms with E-state index in [-0.39, 0.29) is 18.8 Å². The quantitative estimate of drug-likeness (QED) is 0.526. The number of aromatic nitrogens is 3. The predicted molar refractivity (Wildman–Crippen MR) is 106 cm³/mol. The molecule has 0 bridgehead atoms. The number of nitrogens with zero attached hydrogens (tertiary/aromatic N) is 3. The third-order valence-corrected chi connectivity index (χ3v) is 6.32. The molecule has 0 saturated heterocycles. The van der Waals surface area contributed by atoms with E-state index in [9.17, 15) is 8.78 Å². The Hall–Kier alpha value is -1.44. The van der Waals surface area contributed by atoms with E-state index in [1.807, 2.05) is 18.4 Å². The van der Waals surface area contributed by atoms with Gasteiger partial charge in [0, 0.05) is 24.3 Å². The Kier molecular flexibility index (Phi) is 5.03. The van der Waals surface area contributed by atoms with Crippen LogP contribution in [0.1, 0.15) is 48.4 Å². The number of halogens is 4. The number of hydrogen-bond donors (Lipinski definition) is 1. The molecule has 27 heavy (non-hydrogen) atoms. The van der Waals surface area contributed by atoms with Crippen molar-refractivity contribution in [2.75, 3.05) is 5.32 Å². The molecule has 4 rings (SSSR count). The predicted octanol–water partition coefficient (Wildman–Crippen LogP) is 6.31. The Balaban J connectivity index is 1.73. The van der Waals surface area contributed by atoms with Gasteiger partial charge in [0.1, 0.15) is 5.15 Å². The Morgan fingerprint density at radius 2 is 2.07 bits per heavy atom. The minimum absolute atomic E-state index is 0.00370. The fourth-order valence-electron chi connectivity index (χ4n) is 3.83. The molecule has 0 atom stereocenters. The van der Waals surface area contributed by atoms with Crippen molar-refractivity contribution in [2.24, 2.45) is 0 Å². The number of rotatable bonds is 4. The van der Waals surface area contributed by atoms with E-state index >= 15 is 0 Å². The molecule has 3 aromatic rings. The van der Waals surface area contributed by atoms with Crippen LogP contribution in [-0.2, 0) is 6.54 Å². The van der Waals surface area contributed by atoms with Gasteiger partial charge in [-0.3, -0.25) is 0 Å². The van der Waals surface area contributed by atoms with Crippen molar-refractivity contribution >= 4 is 45.9 Å². The number of anilines is 1. The average molecular weight is 431 g/mol. The molecule has 144 valence electrons. The molecule has 0 unspecified atom stereocenters. The molecule has 3 heterocycles. The zero-order valence-corrected chi connectivity index (χ0v) is 16.9. The highest BCUT2D eigenvalue weighted by Crippen LogP contribution is 2.46. The highest BCUT2D eigenvalue weighted by atomic mass is 35.5. The standard InChI is InChI=1S/C18H18Cl2F2N4S/c1-10-15(11-2-5-18(21,22)6-3-11)17(20)26-16(10)13(8-14(19)24-26)23-9-12-4-7-27-25-12/h4,7-8,11,23H,2-3,5-6,9H2,1H3. The van der Waals surface area contributed by atoms with Gasteiger partial charge in [-0.05, 0) is 54.4 Å². The monoisotopic (exact) mass is 430 g/mol. The summed E-state index contributed by atoms with van der Waals surface area (Å²) >= 11 is 14.2. The summed E-state index contributed by atoms with van der Waals surface area (Å²) in [6.45, 7) is 2.51. The van der Waals surface area contributed by atoms with Crippen molar-refractivity contribution in [3.8, 4) is 0 Å². The maximum absolute atomic E-state index is 13.6. The van der Waals surface area contributed by atoms with Crippen LogP contribution in [0.15, 0.2) is 17.5 Å². The van der Waals surface area contributed by atoms with Gasteiger partial charge in [-0.2, -0.15) is 9.47 Å². The van der Waals surface area contributed by atoms with Gasteiger partial charge in [0.05, 0.1) is 23.4 Å². The van der Waals surface area contributed by atoms with Crippen molar-refractivity contribution in [1.29, 1.82) is 0 Å². The van der Waals surface area contributed by atoms with E-state index < -0.39 is 5.92 Å². The van der Waals surface area contributed by atoms with E-state index in [2.05, 4.69) is 14.8 Å². The molecule has 4 nitrogen and oxygen atoms in total. The van der Waals surface area contributed by atoms with Gasteiger partial charge in [-0.25, -0.2) is 13.3 Å². The highest BCUT2D eigenvalue weighted by Gasteiger charge is 2.37. The summed E-state index contributed by atoms with van der Waals surface area (Å²) in [5, 5.41) is 10.4. The van der Waals surface area contributed by atoms with E-state index in [0.29, 0.717) is 29.7 Å². The number of aryl methyl sites for hydroxylation is 1. The van der Waals surface area contributed by atoms with E-state index in [4.69, 9.17) is 23.2 Å². The van der Waals surface area contributed by atoms with Crippen LogP contribution in [0.3, 0.4) is 0 Å². The van der Waals surface area contributed by atoms with Crippen LogP contribution < -0.4 is 5.32 Å². The topological polar surface area (TPSA) is 42.2 Å². The summed E-state index contributed by atoms with van der Waals surface area (Å²) in [4.78, 5) is 0. The summed E-state index contributed by atoms with van der Waals surface area (Å²) < 4.78 is 33.0. The van der Waals surface area contributed by atoms with E-state index in [1.165, 1.54) is 11.5 Å². The first-order valence-electron chi connectivity index (χ1n) is 8.74. The second kappa shape index (κ2) is 7.18. The molecular weight excluding hydrogens is 413 g/mol. The molecule has 1 aliphatic rings. The molecule has 9 heteroatoms. The lowest BCUT2D eigenvalue weighted by atomic mass is 9.82. The Morgan fingerprint density at radius 1 is 1.33 bits per heavy atom. The normalized spacial score (nSPS) is 17.5. The second-order valence-electron chi connectivity index (χ2n) is 6.95. The van der Waals surface area contributed by atoms with Gasteiger partial charge < -0.3 is 5.32 Å². The molecule has 0 aromatic carbocycles. The van der Waals surface area contributed by atoms with Crippen LogP contribution in [0.25, 0.3) is 5.52 Å². The van der Waals surface area contributed by atoms with Gasteiger partial charge >= 0.3 is 0 Å². The first-order chi connectivity index (χ1) is 12.9. The third kappa shape index (κ3) is 3.65. The number of fused-ring (bicyclic) bond motifs is 1. The largest absolute Gasteiger partial charge is 0.378 e. The van der Waals surface area contributed by atoms with Crippen LogP contribution >= 0.6 is 34.7 Å². The lowest BCUT2D eigenvalue weighted by Crippen LogP contribution is -2.23. The highest BCUT2D eigenvalue weighted by molar-refractivity contribution is 7.03. The van der Waals surface area contributed by atoms with Gasteiger partial charge in [-0.15, -0.1) is 0 Å². The van der Waals surface area contributed by atoms with Crippen molar-refractivity contribution < 1.29 is 8.78 Å². The maximum atomic E-state index is 13.6. The summed E-state index contributed by atoms with van der Waals surface area (Å²) in [5.74, 6) is -2.57. The lowest BCUT2D eigenvalue weighted by molar-refractivity contribution is -0.0382. The zero-order chi connectivity index (χ0) is 19.2. The van der Waals surface area contributed by atoms with Crippen molar-refractivity contribution in [1.82, 2.24) is 14.0 Å². The lowest BCUT2D eigenvalue weighted by Gasteiger charge is -2.28. The van der Waals surface area contributed by atoms with Crippen molar-refractivity contribution in [2.45, 2.75) is 51.0 Å². The van der Waals surface area contributed by atoms with E-state index in [1.54, 1.807) is 10.6 Å². The van der Waals surface area contributed by atoms with Crippen LogP contribution in [0.2, 0.25) is 10.3 Å². The minimum atomic E-state index is -2.57. The molecule has 0 radical (unpaired) electrons. The smallest absolute Gasteiger partial charge is 0.248 e. The van der Waals surface area contributed by atoms with Gasteiger partial charge in [0.25, 0.3) is 0 Å². The van der Waals surface area contributed by atoms with Crippen LogP contribution in [0, 0.1) is 6.92 Å². The fourth-order valence-corrected chi connectivity index (χ4v) is 4.97. The summed E-state index contributed by atoms with van der Waals surface area (Å²) in [7, 11) is 0. The molecule has 0 amide bonds. The fraction of sp³-hybridized carbons (Fsp3) is 0.444. The molecule has 1 N–H and O–H groups in total. The molecule has 1 aliphatic carbocycles. The van der Waals surface area contributed by atoms with Crippen molar-refractivity contribution in [3.63, 3.8) is 0 Å².